The molecule has 1 aromatic rings. The van der Waals surface area contributed by atoms with E-state index in [-0.39, 0.29) is 43.7 Å². The Hall–Kier alpha value is -2.44. The number of benzene rings is 1. The van der Waals surface area contributed by atoms with Crippen molar-refractivity contribution < 1.29 is 33.6 Å². The van der Waals surface area contributed by atoms with Crippen LogP contribution in [0.25, 0.3) is 0 Å². The average molecular weight is 298 g/mol. The van der Waals surface area contributed by atoms with Crippen molar-refractivity contribution in [3.63, 3.8) is 0 Å². The van der Waals surface area contributed by atoms with E-state index in [1.807, 2.05) is 0 Å². The molecule has 0 saturated carbocycles. The van der Waals surface area contributed by atoms with Gasteiger partial charge in [-0.2, -0.15) is 0 Å². The second-order valence-electron chi connectivity index (χ2n) is 3.82. The Labute approximate surface area is 122 Å². The van der Waals surface area contributed by atoms with Gasteiger partial charge in [0, 0.05) is 6.07 Å². The Bertz CT molecular complexity index is 484. The Balaban J connectivity index is 2.66. The maximum absolute atomic E-state index is 11.2. The fraction of sp³-hybridized carbons (Fsp3) is 0.429. The number of aromatic hydroxyl groups is 1. The Morgan fingerprint density at radius 2 is 1.48 bits per heavy atom. The highest BCUT2D eigenvalue weighted by Crippen LogP contribution is 2.31. The van der Waals surface area contributed by atoms with Crippen molar-refractivity contribution in [2.45, 2.75) is 13.8 Å². The Kier molecular flexibility index (Phi) is 6.86. The maximum atomic E-state index is 11.2. The van der Waals surface area contributed by atoms with Gasteiger partial charge in [-0.15, -0.1) is 0 Å². The Morgan fingerprint density at radius 1 is 0.952 bits per heavy atom. The SMILES string of the molecule is CCOC(=O)COc1ccc(O)cc1OCC(=O)OCC. The van der Waals surface area contributed by atoms with E-state index in [1.165, 1.54) is 18.2 Å². The first-order valence-electron chi connectivity index (χ1n) is 6.46. The van der Waals surface area contributed by atoms with Gasteiger partial charge in [0.25, 0.3) is 0 Å². The average Bonchev–Trinajstić information content (AvgIpc) is 2.44. The van der Waals surface area contributed by atoms with E-state index < -0.39 is 11.9 Å². The number of carbonyl (C=O) groups is 2. The van der Waals surface area contributed by atoms with E-state index in [2.05, 4.69) is 0 Å². The van der Waals surface area contributed by atoms with Crippen molar-refractivity contribution in [3.05, 3.63) is 18.2 Å². The van der Waals surface area contributed by atoms with Gasteiger partial charge in [-0.1, -0.05) is 0 Å². The van der Waals surface area contributed by atoms with E-state index in [0.717, 1.165) is 0 Å². The molecule has 1 N–H and O–H groups in total. The van der Waals surface area contributed by atoms with Crippen LogP contribution in [0.4, 0.5) is 0 Å². The van der Waals surface area contributed by atoms with Crippen LogP contribution in [0.5, 0.6) is 17.2 Å². The predicted molar refractivity (Wildman–Crippen MR) is 72.4 cm³/mol. The first kappa shape index (κ1) is 16.6. The highest BCUT2D eigenvalue weighted by atomic mass is 16.6. The summed E-state index contributed by atoms with van der Waals surface area (Å²) in [6.07, 6.45) is 0. The second kappa shape index (κ2) is 8.68. The minimum absolute atomic E-state index is 0.0580. The summed E-state index contributed by atoms with van der Waals surface area (Å²) in [6.45, 7) is 3.24. The lowest BCUT2D eigenvalue weighted by Crippen LogP contribution is -2.17. The number of rotatable bonds is 8. The van der Waals surface area contributed by atoms with Crippen LogP contribution in [0.2, 0.25) is 0 Å². The molecule has 0 aromatic heterocycles. The third-order valence-electron chi connectivity index (χ3n) is 2.23. The summed E-state index contributed by atoms with van der Waals surface area (Å²) >= 11 is 0. The molecule has 0 aliphatic rings. The fourth-order valence-corrected chi connectivity index (χ4v) is 1.41. The van der Waals surface area contributed by atoms with Gasteiger partial charge in [0.2, 0.25) is 0 Å². The second-order valence-corrected chi connectivity index (χ2v) is 3.82. The molecule has 0 bridgehead atoms. The monoisotopic (exact) mass is 298 g/mol. The third-order valence-corrected chi connectivity index (χ3v) is 2.23. The quantitative estimate of drug-likeness (QED) is 0.723. The lowest BCUT2D eigenvalue weighted by Gasteiger charge is -2.12. The van der Waals surface area contributed by atoms with E-state index in [1.54, 1.807) is 13.8 Å². The van der Waals surface area contributed by atoms with E-state index in [4.69, 9.17) is 18.9 Å². The van der Waals surface area contributed by atoms with Crippen LogP contribution in [0, 0.1) is 0 Å². The molecule has 1 aromatic carbocycles. The smallest absolute Gasteiger partial charge is 0.344 e. The summed E-state index contributed by atoms with van der Waals surface area (Å²) in [6, 6.07) is 4.08. The zero-order valence-electron chi connectivity index (χ0n) is 12.0. The molecule has 1 rings (SSSR count). The van der Waals surface area contributed by atoms with E-state index >= 15 is 0 Å². The van der Waals surface area contributed by atoms with Gasteiger partial charge >= 0.3 is 11.9 Å². The molecule has 0 unspecified atom stereocenters. The van der Waals surface area contributed by atoms with Crippen LogP contribution in [0.15, 0.2) is 18.2 Å². The topological polar surface area (TPSA) is 91.3 Å². The van der Waals surface area contributed by atoms with E-state index in [9.17, 15) is 14.7 Å². The molecule has 0 amide bonds. The molecule has 0 spiro atoms. The first-order valence-corrected chi connectivity index (χ1v) is 6.46. The molecule has 0 aliphatic carbocycles. The van der Waals surface area contributed by atoms with Crippen LogP contribution in [0.3, 0.4) is 0 Å². The van der Waals surface area contributed by atoms with Crippen LogP contribution in [-0.4, -0.2) is 43.5 Å². The highest BCUT2D eigenvalue weighted by molar-refractivity contribution is 5.72. The first-order chi connectivity index (χ1) is 10.1. The van der Waals surface area contributed by atoms with Crippen molar-refractivity contribution >= 4 is 11.9 Å². The Morgan fingerprint density at radius 3 is 2.00 bits per heavy atom. The number of ether oxygens (including phenoxy) is 4. The van der Waals surface area contributed by atoms with Crippen molar-refractivity contribution in [3.8, 4) is 17.2 Å². The number of esters is 2. The summed E-state index contributed by atoms with van der Waals surface area (Å²) in [4.78, 5) is 22.5. The zero-order valence-corrected chi connectivity index (χ0v) is 12.0. The molecular weight excluding hydrogens is 280 g/mol. The molecular formula is C14H18O7. The summed E-state index contributed by atoms with van der Waals surface area (Å²) in [5.74, 6) is -0.783. The van der Waals surface area contributed by atoms with Crippen molar-refractivity contribution in [2.75, 3.05) is 26.4 Å². The van der Waals surface area contributed by atoms with Crippen molar-refractivity contribution in [1.29, 1.82) is 0 Å². The van der Waals surface area contributed by atoms with E-state index in [0.29, 0.717) is 0 Å². The van der Waals surface area contributed by atoms with Gasteiger partial charge in [0.1, 0.15) is 5.75 Å². The van der Waals surface area contributed by atoms with Gasteiger partial charge in [-0.25, -0.2) is 9.59 Å². The summed E-state index contributed by atoms with van der Waals surface area (Å²) in [7, 11) is 0. The maximum Gasteiger partial charge on any atom is 0.344 e. The largest absolute Gasteiger partial charge is 0.508 e. The minimum atomic E-state index is -0.544. The zero-order chi connectivity index (χ0) is 15.7. The van der Waals surface area contributed by atoms with Gasteiger partial charge in [-0.05, 0) is 26.0 Å². The molecule has 0 fully saturated rings. The summed E-state index contributed by atoms with van der Waals surface area (Å²) < 4.78 is 19.9. The van der Waals surface area contributed by atoms with Crippen LogP contribution < -0.4 is 9.47 Å². The predicted octanol–water partition coefficient (Wildman–Crippen LogP) is 1.28. The molecule has 21 heavy (non-hydrogen) atoms. The number of phenolic OH excluding ortho intramolecular Hbond substituents is 1. The van der Waals surface area contributed by atoms with Crippen LogP contribution in [0.1, 0.15) is 13.8 Å². The standard InChI is InChI=1S/C14H18O7/c1-3-18-13(16)8-20-11-6-5-10(15)7-12(11)21-9-14(17)19-4-2/h5-7,15H,3-4,8-9H2,1-2H3. The molecule has 0 saturated heterocycles. The third kappa shape index (κ3) is 6.03. The fourth-order valence-electron chi connectivity index (χ4n) is 1.41. The highest BCUT2D eigenvalue weighted by Gasteiger charge is 2.12. The van der Waals surface area contributed by atoms with Gasteiger partial charge in [-0.3, -0.25) is 0 Å². The van der Waals surface area contributed by atoms with Gasteiger partial charge in [0.15, 0.2) is 24.7 Å². The molecule has 7 heteroatoms. The normalized spacial score (nSPS) is 9.81. The molecule has 0 atom stereocenters. The number of phenols is 1. The van der Waals surface area contributed by atoms with Crippen LogP contribution >= 0.6 is 0 Å². The molecule has 7 nitrogen and oxygen atoms in total. The summed E-state index contributed by atoms with van der Waals surface area (Å²) in [5, 5.41) is 9.42. The van der Waals surface area contributed by atoms with Crippen LogP contribution in [-0.2, 0) is 19.1 Å². The molecule has 0 radical (unpaired) electrons. The molecule has 116 valence electrons. The van der Waals surface area contributed by atoms with Gasteiger partial charge < -0.3 is 24.1 Å². The number of carbonyl (C=O) groups excluding carboxylic acids is 2. The lowest BCUT2D eigenvalue weighted by atomic mass is 10.3. The summed E-state index contributed by atoms with van der Waals surface area (Å²) in [5.41, 5.74) is 0. The number of hydrogen-bond acceptors (Lipinski definition) is 7. The minimum Gasteiger partial charge on any atom is -0.508 e. The van der Waals surface area contributed by atoms with Crippen molar-refractivity contribution in [1.82, 2.24) is 0 Å². The molecule has 0 aliphatic heterocycles. The lowest BCUT2D eigenvalue weighted by molar-refractivity contribution is -0.146. The molecule has 0 heterocycles. The number of hydrogen-bond donors (Lipinski definition) is 1. The van der Waals surface area contributed by atoms with Crippen molar-refractivity contribution in [2.24, 2.45) is 0 Å². The van der Waals surface area contributed by atoms with Gasteiger partial charge in [0.05, 0.1) is 13.2 Å².